The minimum atomic E-state index is -3.86. The number of amides is 1. The first-order valence-corrected chi connectivity index (χ1v) is 47.3. The van der Waals surface area contributed by atoms with Crippen LogP contribution in [0.15, 0.2) is 190 Å². The summed E-state index contributed by atoms with van der Waals surface area (Å²) >= 11 is 6.53. The molecule has 28 nitrogen and oxygen atoms in total. The summed E-state index contributed by atoms with van der Waals surface area (Å²) in [6, 6.07) is 59.7. The lowest BCUT2D eigenvalue weighted by Gasteiger charge is -2.37. The van der Waals surface area contributed by atoms with Gasteiger partial charge in [-0.25, -0.2) is 37.5 Å². The number of ether oxygens (including phenoxy) is 8. The molecule has 0 spiro atoms. The number of hydrogen-bond acceptors (Lipinski definition) is 23. The zero-order valence-electron chi connectivity index (χ0n) is 79.1. The number of carboxylic acids is 3. The Kier molecular flexibility index (Phi) is 39.5. The van der Waals surface area contributed by atoms with Crippen molar-refractivity contribution in [3.63, 3.8) is 0 Å². The van der Waals surface area contributed by atoms with Crippen LogP contribution >= 0.6 is 31.9 Å². The number of rotatable bonds is 23. The fourth-order valence-electron chi connectivity index (χ4n) is 17.1. The number of nitrogens with two attached hydrogens (primary N) is 1. The van der Waals surface area contributed by atoms with Crippen molar-refractivity contribution in [2.24, 2.45) is 22.9 Å². The van der Waals surface area contributed by atoms with Crippen LogP contribution in [-0.4, -0.2) is 187 Å². The van der Waals surface area contributed by atoms with Crippen LogP contribution in [-0.2, 0) is 38.8 Å². The van der Waals surface area contributed by atoms with Crippen molar-refractivity contribution in [2.75, 3.05) is 142 Å². The lowest BCUT2D eigenvalue weighted by atomic mass is 9.88. The molecule has 4 heterocycles. The van der Waals surface area contributed by atoms with Gasteiger partial charge in [-0.1, -0.05) is 48.5 Å². The summed E-state index contributed by atoms with van der Waals surface area (Å²) in [6.45, 7) is 18.3. The molecule has 4 aliphatic rings. The van der Waals surface area contributed by atoms with E-state index in [2.05, 4.69) is 69.5 Å². The predicted octanol–water partition coefficient (Wildman–Crippen LogP) is 18.8. The second kappa shape index (κ2) is 50.6. The van der Waals surface area contributed by atoms with Crippen LogP contribution in [0.25, 0.3) is 0 Å². The molecule has 0 radical (unpaired) electrons. The first-order valence-electron chi connectivity index (χ1n) is 44.2. The molecular formula is C105H117Br2N9O19S. The van der Waals surface area contributed by atoms with E-state index in [1.807, 2.05) is 134 Å². The number of hydrogen-bond donors (Lipinski definition) is 4. The number of methoxy groups -OCH3 is 8. The number of carboxylic acid groups (broad SMARTS) is 3. The number of halogens is 2. The summed E-state index contributed by atoms with van der Waals surface area (Å²) in [5, 5.41) is 60.5. The molecule has 10 aromatic carbocycles. The number of primary sulfonamides is 1. The highest BCUT2D eigenvalue weighted by Gasteiger charge is 2.32. The van der Waals surface area contributed by atoms with Gasteiger partial charge in [-0.15, -0.1) is 0 Å². The molecule has 4 fully saturated rings. The Morgan fingerprint density at radius 1 is 0.360 bits per heavy atom. The molecule has 0 bridgehead atoms. The normalized spacial score (nSPS) is 13.7. The first kappa shape index (κ1) is 106. The van der Waals surface area contributed by atoms with Gasteiger partial charge in [0.1, 0.15) is 57.6 Å². The van der Waals surface area contributed by atoms with Gasteiger partial charge in [0.15, 0.2) is 0 Å². The largest absolute Gasteiger partial charge is 0.497 e. The van der Waals surface area contributed by atoms with Crippen LogP contribution in [0, 0.1) is 93.3 Å². The van der Waals surface area contributed by atoms with Gasteiger partial charge in [-0.2, -0.15) is 15.8 Å². The summed E-state index contributed by atoms with van der Waals surface area (Å²) in [5.74, 6) is 2.39. The number of piperidine rings is 3. The molecule has 14 rings (SSSR count). The number of nitrogens with zero attached hydrogens (tertiary/aromatic N) is 8. The van der Waals surface area contributed by atoms with Crippen molar-refractivity contribution in [2.45, 2.75) is 104 Å². The Morgan fingerprint density at radius 3 is 0.993 bits per heavy atom. The molecule has 0 aliphatic carbocycles. The number of carbonyl (C=O) groups excluding carboxylic acids is 3. The van der Waals surface area contributed by atoms with Crippen LogP contribution in [0.5, 0.6) is 34.5 Å². The molecule has 0 unspecified atom stereocenters. The van der Waals surface area contributed by atoms with E-state index < -0.39 is 27.9 Å². The maximum absolute atomic E-state index is 13.7. The number of para-hydroxylation sites is 4. The van der Waals surface area contributed by atoms with E-state index in [0.29, 0.717) is 127 Å². The Labute approximate surface area is 812 Å². The van der Waals surface area contributed by atoms with E-state index in [1.54, 1.807) is 118 Å². The van der Waals surface area contributed by atoms with Gasteiger partial charge in [0, 0.05) is 71.0 Å². The van der Waals surface area contributed by atoms with Crippen LogP contribution in [0.1, 0.15) is 167 Å². The first-order chi connectivity index (χ1) is 65.1. The van der Waals surface area contributed by atoms with E-state index >= 15 is 0 Å². The van der Waals surface area contributed by atoms with E-state index in [-0.39, 0.29) is 28.3 Å². The van der Waals surface area contributed by atoms with E-state index in [4.69, 9.17) is 48.5 Å². The summed E-state index contributed by atoms with van der Waals surface area (Å²) in [4.78, 5) is 80.6. The third-order valence-corrected chi connectivity index (χ3v) is 26.8. The number of carbonyl (C=O) groups is 6. The predicted molar refractivity (Wildman–Crippen MR) is 531 cm³/mol. The number of anilines is 4. The fourth-order valence-corrected chi connectivity index (χ4v) is 18.9. The van der Waals surface area contributed by atoms with Crippen LogP contribution in [0.2, 0.25) is 0 Å². The van der Waals surface area contributed by atoms with Crippen molar-refractivity contribution in [3.8, 4) is 52.7 Å². The van der Waals surface area contributed by atoms with Crippen molar-refractivity contribution in [1.82, 2.24) is 4.90 Å². The minimum absolute atomic E-state index is 0.0290. The molecule has 1 amide bonds. The number of aromatic carboxylic acids is 3. The monoisotopic (exact) mass is 2000 g/mol. The van der Waals surface area contributed by atoms with E-state index in [0.717, 1.165) is 175 Å². The van der Waals surface area contributed by atoms with Crippen LogP contribution in [0.4, 0.5) is 22.7 Å². The van der Waals surface area contributed by atoms with Gasteiger partial charge in [0.2, 0.25) is 10.0 Å². The van der Waals surface area contributed by atoms with Crippen molar-refractivity contribution >= 4 is 100 Å². The number of aryl methyl sites for hydroxylation is 6. The Bertz CT molecular complexity index is 6180. The van der Waals surface area contributed by atoms with E-state index in [9.17, 15) is 58.1 Å². The zero-order valence-corrected chi connectivity index (χ0v) is 83.1. The standard InChI is InChI=1S/C32H37N5O4S.C23H26N2O3.C22H24N2O3.C10H11BrO3.C9H9BrO3.C9H10O3/c1-23-19-30(41-2)26(20-24-11-13-35(14-12-24)28-8-4-3-7-25(28)22-33)21-27(23)32(38)37-17-15-36(16-18-37)29-9-5-6-10-31(29)42(34,39)40;1-16-12-22(27-2)19(14-20(16)23(26)28-3)13-17-8-10-25(11-9-17)21-7-5-4-6-18(21)15-24;1-15-11-21(27-2)18(13-19(15)22(25)26)12-16-7-9-24(10-8-16)20-6-4-3-5-17(20)14-23;1-6-4-9(13-2)8(11)5-7(6)10(12)14-3;1-5-3-8(13-2)7(10)4-6(5)9(11)12;1-6-5-7(12-2)3-4-8(6)9(10)11/h3-10,19,21,24H,11-18,20H2,1-2H3,(H2,34,39,40);4-7,12,14,17H,8-11,13H2,1-3H3;3-6,11,13,16H,7-10,12H2,1-2H3,(H,25,26);4-5H,1-3H3;3-4H,1-2H3,(H,11,12);3-5H,1-2H3,(H,10,11). The van der Waals surface area contributed by atoms with Gasteiger partial charge in [-0.05, 0) is 326 Å². The summed E-state index contributed by atoms with van der Waals surface area (Å²) in [6.07, 6.45) is 8.52. The molecular weight excluding hydrogens is 1880 g/mol. The SMILES string of the molecule is COC(=O)c1cc(Br)c(OC)cc1C.COC(=O)c1cc(CC2CCN(c3ccccc3C#N)CC2)c(OC)cc1C.COc1cc(C)c(C(=O)N2CCN(c3ccccc3S(N)(=O)=O)CC2)cc1CC1CCN(c2ccccc2C#N)CC1.COc1cc(C)c(C(=O)O)cc1Br.COc1cc(C)c(C(=O)O)cc1CC1CCN(c2ccccc2C#N)CC1.COc1ccc(C(=O)O)c(C)c1. The highest BCUT2D eigenvalue weighted by atomic mass is 79.9. The van der Waals surface area contributed by atoms with Gasteiger partial charge >= 0.3 is 29.8 Å². The lowest BCUT2D eigenvalue weighted by Crippen LogP contribution is -2.49. The molecule has 0 aromatic heterocycles. The number of esters is 2. The number of benzene rings is 10. The third kappa shape index (κ3) is 28.0. The summed E-state index contributed by atoms with van der Waals surface area (Å²) in [5.41, 5.74) is 16.2. The average Bonchev–Trinajstić information content (AvgIpc) is 0.787. The molecule has 5 N–H and O–H groups in total. The molecule has 4 aliphatic heterocycles. The number of nitriles is 3. The Hall–Kier alpha value is -13.6. The topological polar surface area (TPSA) is 385 Å². The average molecular weight is 2000 g/mol. The molecule has 4 saturated heterocycles. The minimum Gasteiger partial charge on any atom is -0.497 e. The van der Waals surface area contributed by atoms with Gasteiger partial charge in [0.05, 0.1) is 133 Å². The lowest BCUT2D eigenvalue weighted by molar-refractivity contribution is 0.0590. The van der Waals surface area contributed by atoms with E-state index in [1.165, 1.54) is 32.4 Å². The maximum Gasteiger partial charge on any atom is 0.338 e. The van der Waals surface area contributed by atoms with Crippen LogP contribution < -0.4 is 53.2 Å². The summed E-state index contributed by atoms with van der Waals surface area (Å²) in [7, 11) is 8.54. The molecule has 716 valence electrons. The second-order valence-electron chi connectivity index (χ2n) is 33.2. The van der Waals surface area contributed by atoms with Gasteiger partial charge in [0.25, 0.3) is 5.91 Å². The molecule has 0 atom stereocenters. The third-order valence-electron chi connectivity index (χ3n) is 24.6. The van der Waals surface area contributed by atoms with Crippen molar-refractivity contribution in [3.05, 3.63) is 285 Å². The maximum atomic E-state index is 13.7. The quantitative estimate of drug-likeness (QED) is 0.0432. The van der Waals surface area contributed by atoms with Crippen molar-refractivity contribution < 1.29 is 90.4 Å². The number of piperazine rings is 1. The molecule has 31 heteroatoms. The smallest absolute Gasteiger partial charge is 0.338 e. The van der Waals surface area contributed by atoms with Crippen molar-refractivity contribution in [1.29, 1.82) is 15.8 Å². The second-order valence-corrected chi connectivity index (χ2v) is 36.4. The molecule has 0 saturated carbocycles. The zero-order chi connectivity index (χ0) is 99.2. The number of sulfonamides is 1. The van der Waals surface area contributed by atoms with Crippen LogP contribution in [0.3, 0.4) is 0 Å². The Morgan fingerprint density at radius 2 is 0.654 bits per heavy atom. The molecule has 10 aromatic rings. The fraction of sp³-hybridized carbons (Fsp3) is 0.343. The molecule has 136 heavy (non-hydrogen) atoms. The highest BCUT2D eigenvalue weighted by molar-refractivity contribution is 9.11. The van der Waals surface area contributed by atoms with Gasteiger partial charge < -0.3 is 77.7 Å². The Balaban J connectivity index is 0.000000194. The summed E-state index contributed by atoms with van der Waals surface area (Å²) < 4.78 is 66.9. The van der Waals surface area contributed by atoms with Gasteiger partial charge in [-0.3, -0.25) is 4.79 Å². The highest BCUT2D eigenvalue weighted by Crippen LogP contribution is 2.39.